The van der Waals surface area contributed by atoms with Crippen molar-refractivity contribution in [2.45, 2.75) is 20.8 Å². The fourth-order valence-electron chi connectivity index (χ4n) is 3.18. The second-order valence-corrected chi connectivity index (χ2v) is 8.14. The fraction of sp³-hybridized carbons (Fsp3) is 0.125. The second kappa shape index (κ2) is 8.24. The molecule has 0 aliphatic heterocycles. The van der Waals surface area contributed by atoms with Gasteiger partial charge in [-0.15, -0.1) is 5.10 Å². The van der Waals surface area contributed by atoms with Crippen LogP contribution < -0.4 is 5.32 Å². The maximum atomic E-state index is 12.9. The van der Waals surface area contributed by atoms with E-state index in [9.17, 15) is 4.79 Å². The molecule has 150 valence electrons. The number of aromatic nitrogens is 3. The summed E-state index contributed by atoms with van der Waals surface area (Å²) in [5.41, 5.74) is 5.88. The molecular weight excluding hydrogens is 440 g/mol. The van der Waals surface area contributed by atoms with Crippen molar-refractivity contribution in [2.75, 3.05) is 5.32 Å². The van der Waals surface area contributed by atoms with Crippen molar-refractivity contribution >= 4 is 27.5 Å². The van der Waals surface area contributed by atoms with Gasteiger partial charge in [-0.25, -0.2) is 9.67 Å². The van der Waals surface area contributed by atoms with Crippen LogP contribution in [0.4, 0.5) is 5.69 Å². The smallest absolute Gasteiger partial charge is 0.295 e. The number of carbonyl (C=O) groups is 1. The van der Waals surface area contributed by atoms with Gasteiger partial charge in [0.15, 0.2) is 5.82 Å². The Kier molecular flexibility index (Phi) is 5.50. The molecule has 0 atom stereocenters. The number of benzene rings is 3. The zero-order valence-electron chi connectivity index (χ0n) is 17.0. The first-order valence-electron chi connectivity index (χ1n) is 9.60. The zero-order valence-corrected chi connectivity index (χ0v) is 18.6. The van der Waals surface area contributed by atoms with E-state index >= 15 is 0 Å². The summed E-state index contributed by atoms with van der Waals surface area (Å²) < 4.78 is 2.64. The van der Waals surface area contributed by atoms with Crippen LogP contribution >= 0.6 is 15.9 Å². The van der Waals surface area contributed by atoms with Gasteiger partial charge in [0.1, 0.15) is 0 Å². The molecule has 30 heavy (non-hydrogen) atoms. The van der Waals surface area contributed by atoms with Gasteiger partial charge < -0.3 is 5.32 Å². The number of hydrogen-bond donors (Lipinski definition) is 1. The van der Waals surface area contributed by atoms with Gasteiger partial charge in [0, 0.05) is 15.7 Å². The second-order valence-electron chi connectivity index (χ2n) is 7.22. The van der Waals surface area contributed by atoms with E-state index in [-0.39, 0.29) is 11.7 Å². The molecule has 6 heteroatoms. The molecule has 1 amide bonds. The first-order chi connectivity index (χ1) is 14.4. The van der Waals surface area contributed by atoms with Crippen LogP contribution in [-0.4, -0.2) is 20.7 Å². The summed E-state index contributed by atoms with van der Waals surface area (Å²) >= 11 is 3.42. The predicted molar refractivity (Wildman–Crippen MR) is 123 cm³/mol. The van der Waals surface area contributed by atoms with Crippen LogP contribution in [0.3, 0.4) is 0 Å². The van der Waals surface area contributed by atoms with Crippen LogP contribution in [0.25, 0.3) is 17.1 Å². The average Bonchev–Trinajstić information content (AvgIpc) is 3.16. The number of nitrogens with zero attached hydrogens (tertiary/aromatic N) is 3. The maximum Gasteiger partial charge on any atom is 0.295 e. The standard InChI is InChI=1S/C24H21BrN4O/c1-15-10-12-18(13-11-15)23-27-22(24(30)26-20-8-5-7-19(25)14-20)28-29(23)21-9-4-6-16(2)17(21)3/h4-14H,1-3H3,(H,26,30). The highest BCUT2D eigenvalue weighted by atomic mass is 79.9. The highest BCUT2D eigenvalue weighted by Crippen LogP contribution is 2.25. The number of carbonyl (C=O) groups excluding carboxylic acids is 1. The maximum absolute atomic E-state index is 12.9. The molecule has 1 aromatic heterocycles. The van der Waals surface area contributed by atoms with Crippen LogP contribution in [0.1, 0.15) is 27.3 Å². The largest absolute Gasteiger partial charge is 0.319 e. The number of hydrogen-bond acceptors (Lipinski definition) is 3. The number of anilines is 1. The number of rotatable bonds is 4. The zero-order chi connectivity index (χ0) is 21.3. The van der Waals surface area contributed by atoms with E-state index in [1.54, 1.807) is 4.68 Å². The van der Waals surface area contributed by atoms with Crippen molar-refractivity contribution in [3.63, 3.8) is 0 Å². The number of amides is 1. The van der Waals surface area contributed by atoms with Gasteiger partial charge in [0.05, 0.1) is 5.69 Å². The molecule has 0 unspecified atom stereocenters. The fourth-order valence-corrected chi connectivity index (χ4v) is 3.58. The molecule has 0 spiro atoms. The number of aryl methyl sites for hydroxylation is 2. The summed E-state index contributed by atoms with van der Waals surface area (Å²) in [4.78, 5) is 17.5. The van der Waals surface area contributed by atoms with Crippen molar-refractivity contribution in [3.8, 4) is 17.1 Å². The molecule has 3 aromatic carbocycles. The summed E-state index contributed by atoms with van der Waals surface area (Å²) in [7, 11) is 0. The third kappa shape index (κ3) is 4.04. The highest BCUT2D eigenvalue weighted by Gasteiger charge is 2.20. The minimum Gasteiger partial charge on any atom is -0.319 e. The first kappa shape index (κ1) is 20.0. The summed E-state index contributed by atoms with van der Waals surface area (Å²) in [6.45, 7) is 6.14. The Balaban J connectivity index is 1.80. The quantitative estimate of drug-likeness (QED) is 0.413. The van der Waals surface area contributed by atoms with Crippen molar-refractivity contribution in [3.05, 3.63) is 93.7 Å². The minimum absolute atomic E-state index is 0.117. The van der Waals surface area contributed by atoms with Crippen LogP contribution in [0.2, 0.25) is 0 Å². The van der Waals surface area contributed by atoms with Crippen LogP contribution in [0.15, 0.2) is 71.2 Å². The van der Waals surface area contributed by atoms with Gasteiger partial charge in [-0.2, -0.15) is 0 Å². The van der Waals surface area contributed by atoms with Gasteiger partial charge in [0.2, 0.25) is 5.82 Å². The molecule has 0 aliphatic carbocycles. The lowest BCUT2D eigenvalue weighted by Gasteiger charge is -2.11. The normalized spacial score (nSPS) is 10.8. The van der Waals surface area contributed by atoms with E-state index in [1.165, 1.54) is 0 Å². The molecule has 0 radical (unpaired) electrons. The van der Waals surface area contributed by atoms with Crippen molar-refractivity contribution in [2.24, 2.45) is 0 Å². The molecule has 0 saturated carbocycles. The van der Waals surface area contributed by atoms with Crippen LogP contribution in [-0.2, 0) is 0 Å². The molecule has 0 saturated heterocycles. The SMILES string of the molecule is Cc1ccc(-c2nc(C(=O)Nc3cccc(Br)c3)nn2-c2cccc(C)c2C)cc1. The third-order valence-corrected chi connectivity index (χ3v) is 5.50. The average molecular weight is 461 g/mol. The molecular formula is C24H21BrN4O. The monoisotopic (exact) mass is 460 g/mol. The molecule has 1 heterocycles. The van der Waals surface area contributed by atoms with Gasteiger partial charge in [-0.3, -0.25) is 4.79 Å². The Morgan fingerprint density at radius 2 is 1.70 bits per heavy atom. The lowest BCUT2D eigenvalue weighted by molar-refractivity contribution is 0.101. The van der Waals surface area contributed by atoms with E-state index in [0.29, 0.717) is 11.5 Å². The molecule has 0 bridgehead atoms. The van der Waals surface area contributed by atoms with E-state index < -0.39 is 0 Å². The third-order valence-electron chi connectivity index (χ3n) is 5.01. The summed E-state index contributed by atoms with van der Waals surface area (Å²) in [5.74, 6) is 0.389. The van der Waals surface area contributed by atoms with E-state index in [2.05, 4.69) is 44.3 Å². The number of nitrogens with one attached hydrogen (secondary N) is 1. The van der Waals surface area contributed by atoms with Crippen molar-refractivity contribution in [1.82, 2.24) is 14.8 Å². The Bertz CT molecular complexity index is 1230. The van der Waals surface area contributed by atoms with E-state index in [4.69, 9.17) is 0 Å². The minimum atomic E-state index is -0.356. The highest BCUT2D eigenvalue weighted by molar-refractivity contribution is 9.10. The van der Waals surface area contributed by atoms with Gasteiger partial charge >= 0.3 is 0 Å². The Labute approximate surface area is 183 Å². The molecule has 0 aliphatic rings. The molecule has 4 rings (SSSR count). The first-order valence-corrected chi connectivity index (χ1v) is 10.4. The van der Waals surface area contributed by atoms with Crippen LogP contribution in [0, 0.1) is 20.8 Å². The van der Waals surface area contributed by atoms with Crippen molar-refractivity contribution < 1.29 is 4.79 Å². The predicted octanol–water partition coefficient (Wildman–Crippen LogP) is 5.87. The number of halogens is 1. The molecule has 4 aromatic rings. The lowest BCUT2D eigenvalue weighted by Crippen LogP contribution is -2.14. The van der Waals surface area contributed by atoms with Gasteiger partial charge in [-0.1, -0.05) is 64.0 Å². The lowest BCUT2D eigenvalue weighted by atomic mass is 10.1. The van der Waals surface area contributed by atoms with E-state index in [0.717, 1.165) is 32.4 Å². The Hall–Kier alpha value is -3.25. The Morgan fingerprint density at radius 1 is 0.967 bits per heavy atom. The van der Waals surface area contributed by atoms with Crippen LogP contribution in [0.5, 0.6) is 0 Å². The molecule has 0 fully saturated rings. The Morgan fingerprint density at radius 3 is 2.43 bits per heavy atom. The summed E-state index contributed by atoms with van der Waals surface area (Å²) in [6.07, 6.45) is 0. The van der Waals surface area contributed by atoms with Crippen molar-refractivity contribution in [1.29, 1.82) is 0 Å². The van der Waals surface area contributed by atoms with Gasteiger partial charge in [0.25, 0.3) is 5.91 Å². The molecule has 1 N–H and O–H groups in total. The summed E-state index contributed by atoms with van der Waals surface area (Å²) in [5, 5.41) is 7.45. The van der Waals surface area contributed by atoms with Gasteiger partial charge in [-0.05, 0) is 56.2 Å². The van der Waals surface area contributed by atoms with E-state index in [1.807, 2.05) is 74.5 Å². The molecule has 5 nitrogen and oxygen atoms in total. The summed E-state index contributed by atoms with van der Waals surface area (Å²) in [6, 6.07) is 21.5. The topological polar surface area (TPSA) is 59.8 Å².